The molecule has 1 aliphatic heterocycles. The van der Waals surface area contributed by atoms with Gasteiger partial charge in [-0.2, -0.15) is 5.10 Å². The largest absolute Gasteiger partial charge is 0.365 e. The van der Waals surface area contributed by atoms with Crippen LogP contribution in [0.4, 0.5) is 11.5 Å². The van der Waals surface area contributed by atoms with Crippen LogP contribution >= 0.6 is 0 Å². The molecule has 8 nitrogen and oxygen atoms in total. The number of hydrogen-bond acceptors (Lipinski definition) is 6. The molecule has 2 aromatic rings. The second kappa shape index (κ2) is 5.94. The highest BCUT2D eigenvalue weighted by Crippen LogP contribution is 2.22. The molecule has 0 spiro atoms. The van der Waals surface area contributed by atoms with Gasteiger partial charge in [0.05, 0.1) is 11.5 Å². The molecule has 1 aliphatic rings. The molecule has 0 aliphatic carbocycles. The highest BCUT2D eigenvalue weighted by atomic mass is 16.6. The van der Waals surface area contributed by atoms with Gasteiger partial charge in [-0.1, -0.05) is 13.8 Å². The Kier molecular flexibility index (Phi) is 3.97. The molecule has 0 radical (unpaired) electrons. The van der Waals surface area contributed by atoms with Crippen molar-refractivity contribution < 1.29 is 4.92 Å². The van der Waals surface area contributed by atoms with E-state index in [0.717, 1.165) is 31.0 Å². The normalized spacial score (nSPS) is 17.1. The quantitative estimate of drug-likeness (QED) is 0.687. The molecule has 3 rings (SSSR count). The Hall–Kier alpha value is -2.51. The highest BCUT2D eigenvalue weighted by Gasteiger charge is 2.23. The monoisotopic (exact) mass is 316 g/mol. The minimum absolute atomic E-state index is 0.0410. The van der Waals surface area contributed by atoms with E-state index in [1.54, 1.807) is 13.0 Å². The Bertz CT molecular complexity index is 740. The molecular formula is C15H20N6O2. The predicted octanol–water partition coefficient (Wildman–Crippen LogP) is 2.44. The van der Waals surface area contributed by atoms with Crippen molar-refractivity contribution in [3.8, 4) is 0 Å². The van der Waals surface area contributed by atoms with Gasteiger partial charge >= 0.3 is 0 Å². The predicted molar refractivity (Wildman–Crippen MR) is 85.5 cm³/mol. The summed E-state index contributed by atoms with van der Waals surface area (Å²) in [5, 5.41) is 18.7. The summed E-state index contributed by atoms with van der Waals surface area (Å²) in [6, 6.07) is 1.91. The number of aryl methyl sites for hydroxylation is 2. The number of nitrogens with zero attached hydrogens (tertiary/aromatic N) is 5. The molecule has 0 saturated heterocycles. The molecule has 2 aromatic heterocycles. The second-order valence-electron chi connectivity index (χ2n) is 6.22. The number of nitrogens with one attached hydrogen (secondary N) is 1. The first-order chi connectivity index (χ1) is 10.9. The maximum Gasteiger partial charge on any atom is 0.290 e. The first-order valence-electron chi connectivity index (χ1n) is 7.75. The van der Waals surface area contributed by atoms with Crippen molar-refractivity contribution in [2.75, 3.05) is 5.32 Å². The lowest BCUT2D eigenvalue weighted by molar-refractivity contribution is -0.385. The van der Waals surface area contributed by atoms with Gasteiger partial charge in [-0.25, -0.2) is 14.6 Å². The van der Waals surface area contributed by atoms with Crippen LogP contribution in [0.2, 0.25) is 0 Å². The molecule has 122 valence electrons. The van der Waals surface area contributed by atoms with Crippen molar-refractivity contribution in [1.29, 1.82) is 0 Å². The van der Waals surface area contributed by atoms with Crippen LogP contribution in [0.25, 0.3) is 0 Å². The van der Waals surface area contributed by atoms with Gasteiger partial charge in [0.1, 0.15) is 17.8 Å². The van der Waals surface area contributed by atoms with E-state index in [2.05, 4.69) is 34.2 Å². The molecule has 23 heavy (non-hydrogen) atoms. The van der Waals surface area contributed by atoms with E-state index in [9.17, 15) is 10.1 Å². The van der Waals surface area contributed by atoms with Gasteiger partial charge in [0.25, 0.3) is 5.69 Å². The summed E-state index contributed by atoms with van der Waals surface area (Å²) in [5.74, 6) is 2.88. The van der Waals surface area contributed by atoms with Gasteiger partial charge in [-0.3, -0.25) is 10.1 Å². The van der Waals surface area contributed by atoms with Crippen LogP contribution in [-0.4, -0.2) is 30.7 Å². The molecular weight excluding hydrogens is 296 g/mol. The number of anilines is 1. The van der Waals surface area contributed by atoms with Crippen LogP contribution in [0.1, 0.15) is 43.4 Å². The Morgan fingerprint density at radius 3 is 2.91 bits per heavy atom. The number of fused-ring (bicyclic) bond motifs is 1. The first-order valence-corrected chi connectivity index (χ1v) is 7.75. The topological polar surface area (TPSA) is 98.8 Å². The van der Waals surface area contributed by atoms with Crippen molar-refractivity contribution in [2.45, 2.75) is 52.1 Å². The molecule has 1 N–H and O–H groups in total. The van der Waals surface area contributed by atoms with Crippen molar-refractivity contribution in [1.82, 2.24) is 19.7 Å². The number of rotatable bonds is 4. The summed E-state index contributed by atoms with van der Waals surface area (Å²) in [6.07, 6.45) is 3.11. The van der Waals surface area contributed by atoms with Crippen LogP contribution in [0, 0.1) is 17.0 Å². The van der Waals surface area contributed by atoms with Crippen molar-refractivity contribution in [2.24, 2.45) is 0 Å². The van der Waals surface area contributed by atoms with E-state index in [1.807, 2.05) is 4.68 Å². The molecule has 8 heteroatoms. The van der Waals surface area contributed by atoms with E-state index >= 15 is 0 Å². The van der Waals surface area contributed by atoms with Crippen molar-refractivity contribution >= 4 is 11.5 Å². The third kappa shape index (κ3) is 3.15. The van der Waals surface area contributed by atoms with E-state index in [4.69, 9.17) is 0 Å². The van der Waals surface area contributed by atoms with Crippen molar-refractivity contribution in [3.63, 3.8) is 0 Å². The fourth-order valence-electron chi connectivity index (χ4n) is 2.72. The molecule has 3 heterocycles. The summed E-state index contributed by atoms with van der Waals surface area (Å²) >= 11 is 0. The number of hydrogen-bond donors (Lipinski definition) is 1. The summed E-state index contributed by atoms with van der Waals surface area (Å²) in [6.45, 7) is 6.62. The number of aromatic nitrogens is 4. The standard InChI is InChI=1S/C15H20N6O2/c1-9(2)15-18-14-5-4-11(8-20(14)19-15)17-13-6-10(3)12(7-16-13)21(22)23/h6-7,9,11H,4-5,8H2,1-3H3,(H,16,17). The fourth-order valence-corrected chi connectivity index (χ4v) is 2.72. The van der Waals surface area contributed by atoms with E-state index in [1.165, 1.54) is 6.20 Å². The van der Waals surface area contributed by atoms with Gasteiger partial charge in [-0.15, -0.1) is 0 Å². The molecule has 1 atom stereocenters. The summed E-state index contributed by atoms with van der Waals surface area (Å²) in [5.41, 5.74) is 0.645. The summed E-state index contributed by atoms with van der Waals surface area (Å²) < 4.78 is 1.95. The van der Waals surface area contributed by atoms with Gasteiger partial charge in [0.15, 0.2) is 5.82 Å². The second-order valence-corrected chi connectivity index (χ2v) is 6.22. The zero-order valence-electron chi connectivity index (χ0n) is 13.5. The van der Waals surface area contributed by atoms with Gasteiger partial charge in [0.2, 0.25) is 0 Å². The maximum atomic E-state index is 10.8. The maximum absolute atomic E-state index is 10.8. The molecule has 0 bridgehead atoms. The Morgan fingerprint density at radius 1 is 1.48 bits per heavy atom. The number of nitro groups is 1. The van der Waals surface area contributed by atoms with Gasteiger partial charge in [-0.05, 0) is 19.4 Å². The minimum atomic E-state index is -0.415. The summed E-state index contributed by atoms with van der Waals surface area (Å²) in [4.78, 5) is 19.1. The van der Waals surface area contributed by atoms with E-state index in [-0.39, 0.29) is 11.7 Å². The lowest BCUT2D eigenvalue weighted by Crippen LogP contribution is -2.32. The van der Waals surface area contributed by atoms with Crippen molar-refractivity contribution in [3.05, 3.63) is 39.6 Å². The van der Waals surface area contributed by atoms with Gasteiger partial charge in [0, 0.05) is 23.9 Å². The van der Waals surface area contributed by atoms with Crippen LogP contribution in [0.5, 0.6) is 0 Å². The molecule has 0 fully saturated rings. The molecule has 0 amide bonds. The summed E-state index contributed by atoms with van der Waals surface area (Å²) in [7, 11) is 0. The first kappa shape index (κ1) is 15.4. The Labute approximate surface area is 134 Å². The lowest BCUT2D eigenvalue weighted by atomic mass is 10.1. The van der Waals surface area contributed by atoms with Crippen LogP contribution < -0.4 is 5.32 Å². The third-order valence-corrected chi connectivity index (χ3v) is 4.02. The SMILES string of the molecule is Cc1cc(NC2CCc3nc(C(C)C)nn3C2)ncc1[N+](=O)[O-]. The minimum Gasteiger partial charge on any atom is -0.365 e. The van der Waals surface area contributed by atoms with Crippen LogP contribution in [-0.2, 0) is 13.0 Å². The highest BCUT2D eigenvalue weighted by molar-refractivity contribution is 5.47. The van der Waals surface area contributed by atoms with E-state index < -0.39 is 4.92 Å². The smallest absolute Gasteiger partial charge is 0.290 e. The van der Waals surface area contributed by atoms with Crippen LogP contribution in [0.3, 0.4) is 0 Å². The van der Waals surface area contributed by atoms with Gasteiger partial charge < -0.3 is 5.32 Å². The lowest BCUT2D eigenvalue weighted by Gasteiger charge is -2.24. The molecule has 0 aromatic carbocycles. The number of pyridine rings is 1. The average molecular weight is 316 g/mol. The zero-order chi connectivity index (χ0) is 16.6. The van der Waals surface area contributed by atoms with E-state index in [0.29, 0.717) is 17.3 Å². The third-order valence-electron chi connectivity index (χ3n) is 4.02. The average Bonchev–Trinajstić information content (AvgIpc) is 2.90. The molecule has 1 unspecified atom stereocenters. The fraction of sp³-hybridized carbons (Fsp3) is 0.533. The Balaban J connectivity index is 1.72. The zero-order valence-corrected chi connectivity index (χ0v) is 13.5. The Morgan fingerprint density at radius 2 is 2.26 bits per heavy atom. The molecule has 0 saturated carbocycles. The van der Waals surface area contributed by atoms with Crippen LogP contribution in [0.15, 0.2) is 12.3 Å².